The number of aliphatic hydroxyl groups is 1. The number of rotatable bonds is 11. The van der Waals surface area contributed by atoms with E-state index in [0.29, 0.717) is 6.42 Å². The van der Waals surface area contributed by atoms with Crippen molar-refractivity contribution in [2.24, 2.45) is 5.92 Å². The molecule has 5 nitrogen and oxygen atoms in total. The van der Waals surface area contributed by atoms with E-state index < -0.39 is 17.9 Å². The van der Waals surface area contributed by atoms with Crippen molar-refractivity contribution in [2.45, 2.75) is 45.4 Å². The fraction of sp³-hybridized carbons (Fsp3) is 0.714. The van der Waals surface area contributed by atoms with E-state index in [-0.39, 0.29) is 19.6 Å². The van der Waals surface area contributed by atoms with E-state index in [1.165, 1.54) is 6.42 Å². The molecule has 0 aromatic carbocycles. The van der Waals surface area contributed by atoms with E-state index in [2.05, 4.69) is 6.92 Å². The molecule has 0 fully saturated rings. The van der Waals surface area contributed by atoms with E-state index in [0.717, 1.165) is 19.3 Å². The second-order valence-electron chi connectivity index (χ2n) is 4.39. The van der Waals surface area contributed by atoms with Crippen molar-refractivity contribution in [3.8, 4) is 0 Å². The third-order valence-corrected chi connectivity index (χ3v) is 2.65. The van der Waals surface area contributed by atoms with Crippen LogP contribution in [-0.4, -0.2) is 35.4 Å². The number of esters is 1. The first kappa shape index (κ1) is 17.6. The van der Waals surface area contributed by atoms with Crippen LogP contribution < -0.4 is 0 Å². The number of allylic oxidation sites excluding steroid dienone is 2. The van der Waals surface area contributed by atoms with Gasteiger partial charge in [-0.2, -0.15) is 0 Å². The summed E-state index contributed by atoms with van der Waals surface area (Å²) in [6.45, 7) is 1.79. The van der Waals surface area contributed by atoms with E-state index in [1.54, 1.807) is 0 Å². The number of ether oxygens (including phenoxy) is 1. The molecule has 1 atom stereocenters. The Morgan fingerprint density at radius 2 is 2.00 bits per heavy atom. The van der Waals surface area contributed by atoms with Gasteiger partial charge in [0.2, 0.25) is 0 Å². The third kappa shape index (κ3) is 10.3. The van der Waals surface area contributed by atoms with Crippen molar-refractivity contribution in [3.63, 3.8) is 0 Å². The van der Waals surface area contributed by atoms with Crippen LogP contribution in [0.5, 0.6) is 0 Å². The van der Waals surface area contributed by atoms with Gasteiger partial charge in [0.1, 0.15) is 6.61 Å². The molecule has 0 radical (unpaired) electrons. The highest BCUT2D eigenvalue weighted by atomic mass is 16.5. The topological polar surface area (TPSA) is 83.8 Å². The highest BCUT2D eigenvalue weighted by molar-refractivity contribution is 5.79. The van der Waals surface area contributed by atoms with Crippen molar-refractivity contribution in [3.05, 3.63) is 12.2 Å². The zero-order valence-electron chi connectivity index (χ0n) is 11.5. The Kier molecular flexibility index (Phi) is 10.9. The maximum Gasteiger partial charge on any atom is 0.309 e. The molecule has 0 rings (SSSR count). The average Bonchev–Trinajstić information content (AvgIpc) is 2.38. The molecule has 5 heteroatoms. The van der Waals surface area contributed by atoms with Crippen LogP contribution >= 0.6 is 0 Å². The molecule has 0 bridgehead atoms. The minimum Gasteiger partial charge on any atom is -0.481 e. The first-order chi connectivity index (χ1) is 9.11. The van der Waals surface area contributed by atoms with E-state index >= 15 is 0 Å². The minimum absolute atomic E-state index is 0.0881. The number of unbranched alkanes of at least 4 members (excludes halogenated alkanes) is 3. The number of carbonyl (C=O) groups is 2. The zero-order chi connectivity index (χ0) is 14.5. The van der Waals surface area contributed by atoms with Crippen LogP contribution in [0.25, 0.3) is 0 Å². The molecule has 0 heterocycles. The molecule has 0 aliphatic rings. The summed E-state index contributed by atoms with van der Waals surface area (Å²) in [5.74, 6) is -2.26. The van der Waals surface area contributed by atoms with Crippen LogP contribution in [0.15, 0.2) is 12.2 Å². The maximum absolute atomic E-state index is 11.6. The van der Waals surface area contributed by atoms with Crippen molar-refractivity contribution in [1.29, 1.82) is 0 Å². The number of aliphatic hydroxyl groups excluding tert-OH is 1. The van der Waals surface area contributed by atoms with Crippen LogP contribution in [0.3, 0.4) is 0 Å². The molecule has 0 aliphatic carbocycles. The average molecular weight is 272 g/mol. The molecule has 0 amide bonds. The summed E-state index contributed by atoms with van der Waals surface area (Å²) >= 11 is 0. The summed E-state index contributed by atoms with van der Waals surface area (Å²) < 4.78 is 4.76. The Bertz CT molecular complexity index is 286. The van der Waals surface area contributed by atoms with Crippen molar-refractivity contribution < 1.29 is 24.5 Å². The normalized spacial score (nSPS) is 12.5. The van der Waals surface area contributed by atoms with Gasteiger partial charge < -0.3 is 14.9 Å². The quantitative estimate of drug-likeness (QED) is 0.342. The smallest absolute Gasteiger partial charge is 0.309 e. The lowest BCUT2D eigenvalue weighted by atomic mass is 10.0. The minimum atomic E-state index is -1.02. The molecule has 1 unspecified atom stereocenters. The number of hydrogen-bond donors (Lipinski definition) is 2. The van der Waals surface area contributed by atoms with Gasteiger partial charge in [-0.3, -0.25) is 9.59 Å². The lowest BCUT2D eigenvalue weighted by molar-refractivity contribution is -0.153. The summed E-state index contributed by atoms with van der Waals surface area (Å²) in [4.78, 5) is 22.3. The Balaban J connectivity index is 4.11. The predicted octanol–water partition coefficient (Wildman–Crippen LogP) is 2.14. The van der Waals surface area contributed by atoms with E-state index in [1.807, 2.05) is 12.2 Å². The van der Waals surface area contributed by atoms with Gasteiger partial charge in [0.25, 0.3) is 0 Å². The predicted molar refractivity (Wildman–Crippen MR) is 71.7 cm³/mol. The van der Waals surface area contributed by atoms with E-state index in [4.69, 9.17) is 14.9 Å². The fourth-order valence-electron chi connectivity index (χ4n) is 1.63. The SMILES string of the molecule is CCCCC/C=C/CC(CC(=O)O)C(=O)OCCO. The molecule has 0 aromatic heterocycles. The largest absolute Gasteiger partial charge is 0.481 e. The molecule has 0 aromatic rings. The van der Waals surface area contributed by atoms with Gasteiger partial charge in [0, 0.05) is 0 Å². The van der Waals surface area contributed by atoms with Crippen LogP contribution in [0.4, 0.5) is 0 Å². The molecule has 110 valence electrons. The summed E-state index contributed by atoms with van der Waals surface area (Å²) in [6, 6.07) is 0. The highest BCUT2D eigenvalue weighted by Crippen LogP contribution is 2.13. The zero-order valence-corrected chi connectivity index (χ0v) is 11.5. The number of carboxylic acids is 1. The second-order valence-corrected chi connectivity index (χ2v) is 4.39. The summed E-state index contributed by atoms with van der Waals surface area (Å²) in [5.41, 5.74) is 0. The molecule has 0 saturated heterocycles. The molecule has 19 heavy (non-hydrogen) atoms. The number of carbonyl (C=O) groups excluding carboxylic acids is 1. The monoisotopic (exact) mass is 272 g/mol. The Hall–Kier alpha value is -1.36. The van der Waals surface area contributed by atoms with Crippen LogP contribution in [0.1, 0.15) is 45.4 Å². The van der Waals surface area contributed by atoms with Gasteiger partial charge >= 0.3 is 11.9 Å². The van der Waals surface area contributed by atoms with Crippen molar-refractivity contribution in [2.75, 3.05) is 13.2 Å². The Labute approximate surface area is 114 Å². The van der Waals surface area contributed by atoms with Crippen LogP contribution in [0.2, 0.25) is 0 Å². The van der Waals surface area contributed by atoms with Crippen molar-refractivity contribution >= 4 is 11.9 Å². The molecular weight excluding hydrogens is 248 g/mol. The fourth-order valence-corrected chi connectivity index (χ4v) is 1.63. The third-order valence-electron chi connectivity index (χ3n) is 2.65. The van der Waals surface area contributed by atoms with Crippen molar-refractivity contribution in [1.82, 2.24) is 0 Å². The summed E-state index contributed by atoms with van der Waals surface area (Å²) in [5, 5.41) is 17.3. The first-order valence-electron chi connectivity index (χ1n) is 6.76. The van der Waals surface area contributed by atoms with Gasteiger partial charge in [0.05, 0.1) is 18.9 Å². The second kappa shape index (κ2) is 11.7. The molecule has 2 N–H and O–H groups in total. The van der Waals surface area contributed by atoms with Gasteiger partial charge in [-0.25, -0.2) is 0 Å². The van der Waals surface area contributed by atoms with Gasteiger partial charge in [0.15, 0.2) is 0 Å². The molecular formula is C14H24O5. The van der Waals surface area contributed by atoms with Gasteiger partial charge in [-0.05, 0) is 19.3 Å². The summed E-state index contributed by atoms with van der Waals surface area (Å²) in [7, 11) is 0. The molecule has 0 spiro atoms. The lowest BCUT2D eigenvalue weighted by Gasteiger charge is -2.11. The Morgan fingerprint density at radius 3 is 2.58 bits per heavy atom. The lowest BCUT2D eigenvalue weighted by Crippen LogP contribution is -2.21. The number of aliphatic carboxylic acids is 1. The Morgan fingerprint density at radius 1 is 1.26 bits per heavy atom. The first-order valence-corrected chi connectivity index (χ1v) is 6.76. The van der Waals surface area contributed by atoms with Gasteiger partial charge in [-0.1, -0.05) is 31.9 Å². The van der Waals surface area contributed by atoms with E-state index in [9.17, 15) is 9.59 Å². The molecule has 0 saturated carbocycles. The maximum atomic E-state index is 11.6. The number of hydrogen-bond acceptors (Lipinski definition) is 4. The number of carboxylic acid groups (broad SMARTS) is 1. The van der Waals surface area contributed by atoms with Gasteiger partial charge in [-0.15, -0.1) is 0 Å². The van der Waals surface area contributed by atoms with Crippen LogP contribution in [0, 0.1) is 5.92 Å². The molecule has 0 aliphatic heterocycles. The summed E-state index contributed by atoms with van der Waals surface area (Å²) in [6.07, 6.45) is 8.30. The van der Waals surface area contributed by atoms with Crippen LogP contribution in [-0.2, 0) is 14.3 Å². The highest BCUT2D eigenvalue weighted by Gasteiger charge is 2.21. The standard InChI is InChI=1S/C14H24O5/c1-2-3-4-5-6-7-8-12(11-13(16)17)14(18)19-10-9-15/h6-7,12,15H,2-5,8-11H2,1H3,(H,16,17)/b7-6+.